The van der Waals surface area contributed by atoms with E-state index < -0.39 is 94.8 Å². The Morgan fingerprint density at radius 2 is 1.77 bits per heavy atom. The summed E-state index contributed by atoms with van der Waals surface area (Å²) in [5, 5.41) is 34.0. The molecular weight excluding hydrogens is 548 g/mol. The Bertz CT molecular complexity index is 1190. The third-order valence-electron chi connectivity index (χ3n) is 8.82. The summed E-state index contributed by atoms with van der Waals surface area (Å²) in [6.45, 7) is 6.53. The zero-order chi connectivity index (χ0) is 29.2. The summed E-state index contributed by atoms with van der Waals surface area (Å²) in [6, 6.07) is 8.41. The van der Waals surface area contributed by atoms with Crippen LogP contribution in [-0.2, 0) is 38.1 Å². The Morgan fingerprint density at radius 3 is 2.35 bits per heavy atom. The molecule has 1 spiro atoms. The van der Waals surface area contributed by atoms with E-state index in [-0.39, 0.29) is 6.47 Å². The molecule has 3 aliphatic heterocycles. The van der Waals surface area contributed by atoms with Crippen LogP contribution in [0.3, 0.4) is 0 Å². The fourth-order valence-corrected chi connectivity index (χ4v) is 7.61. The van der Waals surface area contributed by atoms with Crippen molar-refractivity contribution in [2.24, 2.45) is 28.1 Å². The van der Waals surface area contributed by atoms with Crippen molar-refractivity contribution in [2.45, 2.75) is 70.6 Å². The number of esters is 2. The average molecular weight is 581 g/mol. The van der Waals surface area contributed by atoms with Gasteiger partial charge in [0.05, 0.1) is 29.5 Å². The number of carbonyl (C=O) groups excluding carboxylic acids is 3. The molecule has 0 bridgehead atoms. The van der Waals surface area contributed by atoms with Crippen molar-refractivity contribution in [1.29, 1.82) is 0 Å². The minimum atomic E-state index is -1.87. The molecule has 5 rings (SSSR count). The lowest BCUT2D eigenvalue weighted by Gasteiger charge is -2.49. The van der Waals surface area contributed by atoms with Gasteiger partial charge in [-0.15, -0.1) is 0 Å². The molecule has 218 valence electrons. The first-order valence-electron chi connectivity index (χ1n) is 12.9. The van der Waals surface area contributed by atoms with Gasteiger partial charge in [-0.3, -0.25) is 9.59 Å². The number of rotatable bonds is 6. The fourth-order valence-electron chi connectivity index (χ4n) is 7.41. The number of para-hydroxylation sites is 1. The second-order valence-electron chi connectivity index (χ2n) is 11.8. The Kier molecular flexibility index (Phi) is 7.11. The van der Waals surface area contributed by atoms with Crippen LogP contribution in [0.2, 0.25) is 0 Å². The highest BCUT2D eigenvalue weighted by atomic mass is 32.1. The highest BCUT2D eigenvalue weighted by molar-refractivity contribution is 7.79. The Balaban J connectivity index is 1.71. The Hall–Kier alpha value is -2.84. The standard InChI is InChI=1S/C27H32O12S/c1-12-14(29)16(37-21(12)32)20(38-24(40)36-13-8-6-5-7-9-13)26-10-34-23-27(26,18(31)22(33)39-23)17(25(2,3)4)15(30)19(26)35-11-28/h5-9,11-12,14-20,23,29-31H,10H2,1-4H3/t12-,14+,15+,16?,17-,18-,19?,20-,23?,26?,27?/m0/s1. The van der Waals surface area contributed by atoms with E-state index in [1.165, 1.54) is 6.92 Å². The maximum atomic E-state index is 12.9. The predicted octanol–water partition coefficient (Wildman–Crippen LogP) is 0.483. The van der Waals surface area contributed by atoms with Gasteiger partial charge in [-0.25, -0.2) is 4.79 Å². The molecule has 3 saturated heterocycles. The normalized spacial score (nSPS) is 41.0. The molecule has 13 heteroatoms. The lowest BCUT2D eigenvalue weighted by molar-refractivity contribution is -0.195. The first-order chi connectivity index (χ1) is 18.8. The molecule has 1 saturated carbocycles. The van der Waals surface area contributed by atoms with E-state index in [4.69, 9.17) is 40.6 Å². The number of aliphatic hydroxyl groups is 3. The monoisotopic (exact) mass is 580 g/mol. The lowest BCUT2D eigenvalue weighted by Crippen LogP contribution is -2.65. The SMILES string of the molecule is C[C@@H]1C(=O)OC([C@H](OC(=S)Oc2ccccc2)C23COC4OC(=O)[C@H](O)C42[C@H](C(C)(C)C)[C@@H](O)C3OC=O)[C@@H]1O. The van der Waals surface area contributed by atoms with Crippen LogP contribution in [0.5, 0.6) is 5.75 Å². The molecule has 5 unspecified atom stereocenters. The highest BCUT2D eigenvalue weighted by Gasteiger charge is 2.88. The fraction of sp³-hybridized carbons (Fsp3) is 0.630. The smallest absolute Gasteiger partial charge is 0.358 e. The maximum absolute atomic E-state index is 12.9. The number of carbonyl (C=O) groups is 3. The Morgan fingerprint density at radius 1 is 1.10 bits per heavy atom. The molecule has 0 aromatic heterocycles. The van der Waals surface area contributed by atoms with Gasteiger partial charge in [-0.05, 0) is 24.5 Å². The van der Waals surface area contributed by atoms with Gasteiger partial charge < -0.3 is 43.7 Å². The summed E-state index contributed by atoms with van der Waals surface area (Å²) >= 11 is 5.40. The zero-order valence-electron chi connectivity index (χ0n) is 22.3. The van der Waals surface area contributed by atoms with Gasteiger partial charge in [0, 0.05) is 18.1 Å². The van der Waals surface area contributed by atoms with Crippen molar-refractivity contribution in [2.75, 3.05) is 6.61 Å². The van der Waals surface area contributed by atoms with Crippen molar-refractivity contribution in [3.05, 3.63) is 30.3 Å². The zero-order valence-corrected chi connectivity index (χ0v) is 23.1. The third-order valence-corrected chi connectivity index (χ3v) is 9.00. The quantitative estimate of drug-likeness (QED) is 0.184. The summed E-state index contributed by atoms with van der Waals surface area (Å²) < 4.78 is 34.4. The van der Waals surface area contributed by atoms with Crippen molar-refractivity contribution in [1.82, 2.24) is 0 Å². The lowest BCUT2D eigenvalue weighted by atomic mass is 9.53. The van der Waals surface area contributed by atoms with Crippen molar-refractivity contribution >= 4 is 35.9 Å². The van der Waals surface area contributed by atoms with Crippen LogP contribution in [0.25, 0.3) is 0 Å². The van der Waals surface area contributed by atoms with E-state index in [2.05, 4.69) is 0 Å². The van der Waals surface area contributed by atoms with Crippen LogP contribution in [-0.4, -0.2) is 88.5 Å². The summed E-state index contributed by atoms with van der Waals surface area (Å²) in [5.74, 6) is -3.40. The molecule has 4 aliphatic rings. The molecule has 1 aliphatic carbocycles. The minimum Gasteiger partial charge on any atom is -0.461 e. The summed E-state index contributed by atoms with van der Waals surface area (Å²) in [4.78, 5) is 37.4. The second-order valence-corrected chi connectivity index (χ2v) is 12.2. The molecule has 1 aromatic carbocycles. The number of thiocarbonyl (C=S) groups is 1. The number of benzene rings is 1. The van der Waals surface area contributed by atoms with E-state index in [1.807, 2.05) is 0 Å². The molecule has 40 heavy (non-hydrogen) atoms. The van der Waals surface area contributed by atoms with Gasteiger partial charge in [-0.2, -0.15) is 0 Å². The van der Waals surface area contributed by atoms with Crippen molar-refractivity contribution in [3.63, 3.8) is 0 Å². The second kappa shape index (κ2) is 9.91. The van der Waals surface area contributed by atoms with E-state index in [0.717, 1.165) is 0 Å². The van der Waals surface area contributed by atoms with Gasteiger partial charge in [-0.1, -0.05) is 39.0 Å². The van der Waals surface area contributed by atoms with Gasteiger partial charge in [0.15, 0.2) is 18.3 Å². The molecule has 3 heterocycles. The molecule has 0 radical (unpaired) electrons. The van der Waals surface area contributed by atoms with E-state index in [0.29, 0.717) is 5.75 Å². The van der Waals surface area contributed by atoms with Crippen LogP contribution >= 0.6 is 12.2 Å². The van der Waals surface area contributed by atoms with Gasteiger partial charge >= 0.3 is 17.2 Å². The topological polar surface area (TPSA) is 167 Å². The average Bonchev–Trinajstić information content (AvgIpc) is 3.50. The summed E-state index contributed by atoms with van der Waals surface area (Å²) in [7, 11) is 0. The number of hydrogen-bond donors (Lipinski definition) is 3. The highest BCUT2D eigenvalue weighted by Crippen LogP contribution is 2.72. The van der Waals surface area contributed by atoms with Crippen LogP contribution in [0.4, 0.5) is 0 Å². The molecule has 1 aromatic rings. The number of aliphatic hydroxyl groups excluding tert-OH is 3. The Labute approximate surface area is 235 Å². The maximum Gasteiger partial charge on any atom is 0.358 e. The van der Waals surface area contributed by atoms with Crippen molar-refractivity contribution in [3.8, 4) is 5.75 Å². The van der Waals surface area contributed by atoms with Crippen LogP contribution in [0, 0.1) is 28.1 Å². The predicted molar refractivity (Wildman–Crippen MR) is 136 cm³/mol. The van der Waals surface area contributed by atoms with Crippen LogP contribution in [0.1, 0.15) is 27.7 Å². The van der Waals surface area contributed by atoms with Crippen molar-refractivity contribution < 1.29 is 58.1 Å². The van der Waals surface area contributed by atoms with Crippen LogP contribution in [0.15, 0.2) is 30.3 Å². The first-order valence-corrected chi connectivity index (χ1v) is 13.3. The molecular formula is C27H32O12S. The van der Waals surface area contributed by atoms with E-state index in [9.17, 15) is 29.7 Å². The van der Waals surface area contributed by atoms with Gasteiger partial charge in [0.1, 0.15) is 18.0 Å². The number of ether oxygens (including phenoxy) is 6. The van der Waals surface area contributed by atoms with Gasteiger partial charge in [0.25, 0.3) is 6.47 Å². The number of hydrogen-bond acceptors (Lipinski definition) is 13. The molecule has 11 atom stereocenters. The van der Waals surface area contributed by atoms with Crippen LogP contribution < -0.4 is 4.74 Å². The summed E-state index contributed by atoms with van der Waals surface area (Å²) in [6.07, 6.45) is -10.7. The first kappa shape index (κ1) is 28.7. The van der Waals surface area contributed by atoms with Gasteiger partial charge in [0.2, 0.25) is 6.29 Å². The molecule has 0 amide bonds. The number of cyclic esters (lactones) is 1. The molecule has 4 fully saturated rings. The van der Waals surface area contributed by atoms with E-state index in [1.54, 1.807) is 51.1 Å². The largest absolute Gasteiger partial charge is 0.461 e. The molecule has 12 nitrogen and oxygen atoms in total. The minimum absolute atomic E-state index is 0.126. The molecule has 3 N–H and O–H groups in total. The third kappa shape index (κ3) is 3.86. The summed E-state index contributed by atoms with van der Waals surface area (Å²) in [5.41, 5.74) is -4.46. The van der Waals surface area contributed by atoms with E-state index >= 15 is 0 Å².